The van der Waals surface area contributed by atoms with Gasteiger partial charge in [-0.25, -0.2) is 23.5 Å². The Balaban J connectivity index is 2.01. The lowest BCUT2D eigenvalue weighted by molar-refractivity contribution is -0.0266. The molecule has 4 heterocycles. The van der Waals surface area contributed by atoms with Crippen LogP contribution in [0.2, 0.25) is 0 Å². The van der Waals surface area contributed by atoms with Crippen molar-refractivity contribution in [2.75, 3.05) is 18.0 Å². The summed E-state index contributed by atoms with van der Waals surface area (Å²) in [5.41, 5.74) is -0.398. The Morgan fingerprint density at radius 3 is 2.69 bits per heavy atom. The lowest BCUT2D eigenvalue weighted by Gasteiger charge is -2.39. The first-order chi connectivity index (χ1) is 12.3. The molecule has 0 bridgehead atoms. The van der Waals surface area contributed by atoms with Gasteiger partial charge in [-0.2, -0.15) is 0 Å². The number of alkyl halides is 2. The standard InChI is InChI=1S/C16H12F2N4O3S/c1-8-4-10(21-6-16(17,18)7-21)20-13-11(8)12(23)9(14(24)25)5-22(13)15-19-2-3-26-15/h2-5H,6-7H2,1H3,(H,24,25). The second-order valence-corrected chi connectivity index (χ2v) is 6.94. The van der Waals surface area contributed by atoms with Crippen molar-refractivity contribution in [1.82, 2.24) is 14.5 Å². The van der Waals surface area contributed by atoms with Crippen molar-refractivity contribution in [2.45, 2.75) is 12.8 Å². The molecule has 1 aliphatic heterocycles. The van der Waals surface area contributed by atoms with Crippen molar-refractivity contribution >= 4 is 34.2 Å². The van der Waals surface area contributed by atoms with Gasteiger partial charge in [-0.3, -0.25) is 9.36 Å². The molecule has 26 heavy (non-hydrogen) atoms. The maximum atomic E-state index is 13.2. The third kappa shape index (κ3) is 2.53. The first-order valence-electron chi connectivity index (χ1n) is 7.60. The predicted octanol–water partition coefficient (Wildman–Crippen LogP) is 2.30. The number of aromatic nitrogens is 3. The topological polar surface area (TPSA) is 88.3 Å². The second kappa shape index (κ2) is 5.56. The minimum absolute atomic E-state index is 0.135. The van der Waals surface area contributed by atoms with E-state index in [-0.39, 0.29) is 11.0 Å². The predicted molar refractivity (Wildman–Crippen MR) is 91.9 cm³/mol. The van der Waals surface area contributed by atoms with E-state index in [2.05, 4.69) is 9.97 Å². The normalized spacial score (nSPS) is 15.9. The molecular formula is C16H12F2N4O3S. The van der Waals surface area contributed by atoms with Crippen LogP contribution in [-0.4, -0.2) is 44.6 Å². The molecule has 3 aromatic heterocycles. The largest absolute Gasteiger partial charge is 0.477 e. The Kier molecular flexibility index (Phi) is 3.55. The van der Waals surface area contributed by atoms with Gasteiger partial charge in [-0.1, -0.05) is 0 Å². The average Bonchev–Trinajstić information content (AvgIpc) is 3.06. The molecule has 0 spiro atoms. The number of anilines is 1. The van der Waals surface area contributed by atoms with Crippen LogP contribution in [0.5, 0.6) is 0 Å². The molecule has 0 unspecified atom stereocenters. The molecule has 0 aliphatic carbocycles. The van der Waals surface area contributed by atoms with Crippen LogP contribution in [0.25, 0.3) is 16.2 Å². The smallest absolute Gasteiger partial charge is 0.341 e. The van der Waals surface area contributed by atoms with Gasteiger partial charge in [0.15, 0.2) is 10.8 Å². The molecule has 10 heteroatoms. The van der Waals surface area contributed by atoms with E-state index in [1.54, 1.807) is 12.3 Å². The number of nitrogens with zero attached hydrogens (tertiary/aromatic N) is 4. The molecule has 0 amide bonds. The van der Waals surface area contributed by atoms with Crippen LogP contribution in [0, 0.1) is 6.92 Å². The van der Waals surface area contributed by atoms with E-state index in [1.807, 2.05) is 0 Å². The van der Waals surface area contributed by atoms with Crippen LogP contribution < -0.4 is 10.3 Å². The number of halogens is 2. The number of aromatic carboxylic acids is 1. The van der Waals surface area contributed by atoms with Crippen molar-refractivity contribution in [2.24, 2.45) is 0 Å². The summed E-state index contributed by atoms with van der Waals surface area (Å²) in [6, 6.07) is 1.52. The van der Waals surface area contributed by atoms with Crippen LogP contribution >= 0.6 is 11.3 Å². The van der Waals surface area contributed by atoms with Gasteiger partial charge in [-0.15, -0.1) is 11.3 Å². The SMILES string of the molecule is Cc1cc(N2CC(F)(F)C2)nc2c1c(=O)c(C(=O)O)cn2-c1nccs1. The highest BCUT2D eigenvalue weighted by Gasteiger charge is 2.44. The van der Waals surface area contributed by atoms with E-state index < -0.39 is 36.0 Å². The van der Waals surface area contributed by atoms with Gasteiger partial charge < -0.3 is 10.0 Å². The fourth-order valence-corrected chi connectivity index (χ4v) is 3.56. The van der Waals surface area contributed by atoms with E-state index in [9.17, 15) is 23.5 Å². The Hall–Kier alpha value is -2.88. The number of carboxylic acids is 1. The number of fused-ring (bicyclic) bond motifs is 1. The summed E-state index contributed by atoms with van der Waals surface area (Å²) in [5.74, 6) is -3.80. The zero-order valence-electron chi connectivity index (χ0n) is 13.4. The Labute approximate surface area is 149 Å². The summed E-state index contributed by atoms with van der Waals surface area (Å²) in [6.07, 6.45) is 2.71. The van der Waals surface area contributed by atoms with E-state index in [1.165, 1.54) is 39.3 Å². The quantitative estimate of drug-likeness (QED) is 0.752. The molecule has 0 saturated carbocycles. The van der Waals surface area contributed by atoms with Gasteiger partial charge in [0.1, 0.15) is 11.4 Å². The number of hydrogen-bond donors (Lipinski definition) is 1. The van der Waals surface area contributed by atoms with Gasteiger partial charge in [0.2, 0.25) is 5.43 Å². The summed E-state index contributed by atoms with van der Waals surface area (Å²) in [5, 5.41) is 11.6. The summed E-state index contributed by atoms with van der Waals surface area (Å²) in [4.78, 5) is 34.0. The van der Waals surface area contributed by atoms with Gasteiger partial charge >= 0.3 is 5.97 Å². The monoisotopic (exact) mass is 378 g/mol. The highest BCUT2D eigenvalue weighted by molar-refractivity contribution is 7.12. The first kappa shape index (κ1) is 16.6. The molecule has 0 radical (unpaired) electrons. The van der Waals surface area contributed by atoms with Crippen molar-refractivity contribution in [3.63, 3.8) is 0 Å². The molecule has 1 aliphatic rings. The van der Waals surface area contributed by atoms with Crippen LogP contribution in [-0.2, 0) is 0 Å². The van der Waals surface area contributed by atoms with E-state index in [0.717, 1.165) is 0 Å². The van der Waals surface area contributed by atoms with Crippen molar-refractivity contribution in [1.29, 1.82) is 0 Å². The zero-order chi connectivity index (χ0) is 18.6. The first-order valence-corrected chi connectivity index (χ1v) is 8.48. The van der Waals surface area contributed by atoms with Crippen molar-refractivity contribution < 1.29 is 18.7 Å². The lowest BCUT2D eigenvalue weighted by Crippen LogP contribution is -2.56. The van der Waals surface area contributed by atoms with E-state index >= 15 is 0 Å². The molecule has 3 aromatic rings. The number of pyridine rings is 2. The fourth-order valence-electron chi connectivity index (χ4n) is 2.95. The number of hydrogen-bond acceptors (Lipinski definition) is 6. The molecular weight excluding hydrogens is 366 g/mol. The summed E-state index contributed by atoms with van der Waals surface area (Å²) < 4.78 is 27.8. The van der Waals surface area contributed by atoms with Gasteiger partial charge in [-0.05, 0) is 18.6 Å². The molecule has 4 rings (SSSR count). The van der Waals surface area contributed by atoms with E-state index in [4.69, 9.17) is 0 Å². The van der Waals surface area contributed by atoms with Crippen LogP contribution in [0.4, 0.5) is 14.6 Å². The zero-order valence-corrected chi connectivity index (χ0v) is 14.3. The number of carboxylic acid groups (broad SMARTS) is 1. The van der Waals surface area contributed by atoms with Gasteiger partial charge in [0.25, 0.3) is 5.92 Å². The maximum absolute atomic E-state index is 13.2. The molecule has 1 fully saturated rings. The highest BCUT2D eigenvalue weighted by atomic mass is 32.1. The van der Waals surface area contributed by atoms with Crippen LogP contribution in [0.15, 0.2) is 28.6 Å². The summed E-state index contributed by atoms with van der Waals surface area (Å²) in [7, 11) is 0. The van der Waals surface area contributed by atoms with Gasteiger partial charge in [0, 0.05) is 17.8 Å². The third-order valence-corrected chi connectivity index (χ3v) is 4.94. The molecule has 1 saturated heterocycles. The number of aryl methyl sites for hydroxylation is 1. The lowest BCUT2D eigenvalue weighted by atomic mass is 10.1. The molecule has 134 valence electrons. The number of carbonyl (C=O) groups is 1. The average molecular weight is 378 g/mol. The van der Waals surface area contributed by atoms with Crippen LogP contribution in [0.1, 0.15) is 15.9 Å². The third-order valence-electron chi connectivity index (χ3n) is 4.17. The molecule has 0 aromatic carbocycles. The minimum Gasteiger partial charge on any atom is -0.477 e. The minimum atomic E-state index is -2.76. The second-order valence-electron chi connectivity index (χ2n) is 6.07. The summed E-state index contributed by atoms with van der Waals surface area (Å²) >= 11 is 1.24. The molecule has 0 atom stereocenters. The maximum Gasteiger partial charge on any atom is 0.341 e. The number of rotatable bonds is 3. The Morgan fingerprint density at radius 2 is 2.12 bits per heavy atom. The fraction of sp³-hybridized carbons (Fsp3) is 0.250. The number of thiazole rings is 1. The molecule has 7 nitrogen and oxygen atoms in total. The van der Waals surface area contributed by atoms with Gasteiger partial charge in [0.05, 0.1) is 18.5 Å². The van der Waals surface area contributed by atoms with Crippen LogP contribution in [0.3, 0.4) is 0 Å². The molecule has 1 N–H and O–H groups in total. The summed E-state index contributed by atoms with van der Waals surface area (Å²) in [6.45, 7) is 0.740. The Bertz CT molecular complexity index is 1090. The van der Waals surface area contributed by atoms with Crippen molar-refractivity contribution in [3.8, 4) is 5.13 Å². The van der Waals surface area contributed by atoms with E-state index in [0.29, 0.717) is 16.5 Å². The highest BCUT2D eigenvalue weighted by Crippen LogP contribution is 2.32. The van der Waals surface area contributed by atoms with Crippen molar-refractivity contribution in [3.05, 3.63) is 45.2 Å². The Morgan fingerprint density at radius 1 is 1.38 bits per heavy atom.